The predicted octanol–water partition coefficient (Wildman–Crippen LogP) is -1.80. The summed E-state index contributed by atoms with van der Waals surface area (Å²) >= 11 is 0. The minimum atomic E-state index is -3.93. The molecule has 5 rings (SSSR count). The minimum absolute atomic E-state index is 0.0240. The van der Waals surface area contributed by atoms with Crippen molar-refractivity contribution < 1.29 is 51.9 Å². The molecule has 1 amide bonds. The van der Waals surface area contributed by atoms with Crippen LogP contribution in [-0.4, -0.2) is 98.4 Å². The largest absolute Gasteiger partial charge is 0.443 e. The van der Waals surface area contributed by atoms with E-state index in [2.05, 4.69) is 25.6 Å². The van der Waals surface area contributed by atoms with Crippen molar-refractivity contribution in [2.24, 2.45) is 0 Å². The van der Waals surface area contributed by atoms with Gasteiger partial charge in [0, 0.05) is 12.4 Å². The molecular formula is C22H23F4N9O9. The first-order valence-corrected chi connectivity index (χ1v) is 12.5. The molecule has 3 aromatic heterocycles. The van der Waals surface area contributed by atoms with E-state index in [1.54, 1.807) is 0 Å². The predicted molar refractivity (Wildman–Crippen MR) is 132 cm³/mol. The van der Waals surface area contributed by atoms with E-state index in [4.69, 9.17) is 25.1 Å². The lowest BCUT2D eigenvalue weighted by molar-refractivity contribution is -0.141. The molecular weight excluding hydrogens is 610 g/mol. The molecule has 2 aliphatic heterocycles. The van der Waals surface area contributed by atoms with Gasteiger partial charge in [-0.15, -0.1) is 5.10 Å². The number of aliphatic hydroxyl groups is 3. The molecule has 0 spiro atoms. The Kier molecular flexibility index (Phi) is 8.11. The third-order valence-electron chi connectivity index (χ3n) is 6.66. The average molecular weight is 633 g/mol. The number of alkyl halides is 4. The van der Waals surface area contributed by atoms with E-state index < -0.39 is 91.8 Å². The van der Waals surface area contributed by atoms with Crippen LogP contribution in [0.2, 0.25) is 0 Å². The highest BCUT2D eigenvalue weighted by Gasteiger charge is 2.60. The summed E-state index contributed by atoms with van der Waals surface area (Å²) in [4.78, 5) is 43.3. The van der Waals surface area contributed by atoms with Crippen LogP contribution in [-0.2, 0) is 27.4 Å². The van der Waals surface area contributed by atoms with Gasteiger partial charge in [0.1, 0.15) is 36.1 Å². The fourth-order valence-corrected chi connectivity index (χ4v) is 4.46. The van der Waals surface area contributed by atoms with Gasteiger partial charge in [-0.05, 0) is 12.1 Å². The van der Waals surface area contributed by atoms with Crippen molar-refractivity contribution >= 4 is 17.7 Å². The number of nitrogen functional groups attached to an aromatic ring is 1. The van der Waals surface area contributed by atoms with E-state index in [1.165, 1.54) is 6.20 Å². The fourth-order valence-electron chi connectivity index (χ4n) is 4.46. The number of nitrogens with two attached hydrogens (primary N) is 1. The molecule has 44 heavy (non-hydrogen) atoms. The topological polar surface area (TPSA) is 244 Å². The average Bonchev–Trinajstić information content (AvgIpc) is 3.57. The van der Waals surface area contributed by atoms with Gasteiger partial charge in [-0.1, -0.05) is 5.21 Å². The second-order valence-corrected chi connectivity index (χ2v) is 9.65. The second kappa shape index (κ2) is 11.5. The number of hydrogen-bond donors (Lipinski definition) is 5. The van der Waals surface area contributed by atoms with Gasteiger partial charge < -0.3 is 35.3 Å². The molecule has 2 saturated heterocycles. The fraction of sp³-hybridized carbons (Fsp3) is 0.500. The number of ether oxygens (including phenoxy) is 3. The second-order valence-electron chi connectivity index (χ2n) is 9.65. The van der Waals surface area contributed by atoms with Crippen molar-refractivity contribution in [2.45, 2.75) is 61.9 Å². The molecule has 3 aromatic rings. The maximum absolute atomic E-state index is 14.7. The van der Waals surface area contributed by atoms with Crippen molar-refractivity contribution in [1.82, 2.24) is 34.1 Å². The molecule has 238 valence electrons. The molecule has 0 aromatic carbocycles. The van der Waals surface area contributed by atoms with Crippen LogP contribution in [0.1, 0.15) is 18.1 Å². The van der Waals surface area contributed by atoms with E-state index >= 15 is 0 Å². The number of halogens is 4. The Morgan fingerprint density at radius 3 is 2.18 bits per heavy atom. The normalized spacial score (nSPS) is 27.3. The zero-order chi connectivity index (χ0) is 32.0. The number of amides is 1. The Morgan fingerprint density at radius 1 is 1.00 bits per heavy atom. The SMILES string of the molecule is Nc1ccn([C@@H]2O[C@H](Cn3cc(COC(=O)Nc4ccn([C@@H]5O[C@H](CO)[C@@H](O)C5(F)F)c(=O)n4)nn3)[C@@H](O)C2(F)F)c(=O)n1. The summed E-state index contributed by atoms with van der Waals surface area (Å²) in [7, 11) is 0. The number of carbonyl (C=O) groups excluding carboxylic acids is 1. The van der Waals surface area contributed by atoms with Gasteiger partial charge in [0.25, 0.3) is 0 Å². The number of anilines is 2. The molecule has 0 unspecified atom stereocenters. The van der Waals surface area contributed by atoms with Crippen LogP contribution >= 0.6 is 0 Å². The Morgan fingerprint density at radius 2 is 1.59 bits per heavy atom. The third kappa shape index (κ3) is 5.71. The number of nitrogens with one attached hydrogen (secondary N) is 1. The number of rotatable bonds is 8. The molecule has 6 atom stereocenters. The van der Waals surface area contributed by atoms with Crippen molar-refractivity contribution in [1.29, 1.82) is 0 Å². The first-order valence-electron chi connectivity index (χ1n) is 12.5. The van der Waals surface area contributed by atoms with E-state index in [9.17, 15) is 42.2 Å². The first kappa shape index (κ1) is 30.9. The van der Waals surface area contributed by atoms with Crippen LogP contribution in [0.15, 0.2) is 40.3 Å². The van der Waals surface area contributed by atoms with Gasteiger partial charge in [-0.25, -0.2) is 19.1 Å². The number of hydrogen-bond acceptors (Lipinski definition) is 14. The maximum Gasteiger partial charge on any atom is 0.413 e. The Balaban J connectivity index is 1.16. The van der Waals surface area contributed by atoms with Crippen LogP contribution in [0, 0.1) is 0 Å². The summed E-state index contributed by atoms with van der Waals surface area (Å²) in [5.74, 6) is -8.40. The lowest BCUT2D eigenvalue weighted by Gasteiger charge is -2.21. The molecule has 18 nitrogen and oxygen atoms in total. The summed E-state index contributed by atoms with van der Waals surface area (Å²) in [6.07, 6.45) is -10.5. The van der Waals surface area contributed by atoms with E-state index in [1.807, 2.05) is 0 Å². The molecule has 22 heteroatoms. The lowest BCUT2D eigenvalue weighted by atomic mass is 10.1. The lowest BCUT2D eigenvalue weighted by Crippen LogP contribution is -2.41. The first-order chi connectivity index (χ1) is 20.7. The molecule has 0 saturated carbocycles. The third-order valence-corrected chi connectivity index (χ3v) is 6.66. The molecule has 2 aliphatic rings. The van der Waals surface area contributed by atoms with Gasteiger partial charge in [-0.3, -0.25) is 14.5 Å². The maximum atomic E-state index is 14.7. The van der Waals surface area contributed by atoms with Crippen molar-refractivity contribution in [3.05, 3.63) is 57.4 Å². The van der Waals surface area contributed by atoms with E-state index in [-0.39, 0.29) is 11.5 Å². The molecule has 2 fully saturated rings. The van der Waals surface area contributed by atoms with Crippen LogP contribution in [0.4, 0.5) is 34.0 Å². The highest BCUT2D eigenvalue weighted by Crippen LogP contribution is 2.43. The van der Waals surface area contributed by atoms with Gasteiger partial charge in [0.2, 0.25) is 12.5 Å². The highest BCUT2D eigenvalue weighted by atomic mass is 19.3. The van der Waals surface area contributed by atoms with Crippen molar-refractivity contribution in [3.63, 3.8) is 0 Å². The van der Waals surface area contributed by atoms with E-state index in [0.29, 0.717) is 9.13 Å². The summed E-state index contributed by atoms with van der Waals surface area (Å²) in [6, 6.07) is 2.08. The summed E-state index contributed by atoms with van der Waals surface area (Å²) < 4.78 is 75.0. The molecule has 6 N–H and O–H groups in total. The quantitative estimate of drug-likeness (QED) is 0.172. The smallest absolute Gasteiger partial charge is 0.413 e. The Labute approximate surface area is 241 Å². The van der Waals surface area contributed by atoms with Gasteiger partial charge in [-0.2, -0.15) is 27.5 Å². The van der Waals surface area contributed by atoms with E-state index in [0.717, 1.165) is 29.2 Å². The zero-order valence-electron chi connectivity index (χ0n) is 22.0. The van der Waals surface area contributed by atoms with Crippen molar-refractivity contribution in [2.75, 3.05) is 17.7 Å². The standard InChI is InChI=1S/C22H23F4N9O9/c23-21(24)14(37)10(43-16(21)34-3-1-12(27)28-18(34)39)6-33-5-9(31-32-33)8-42-20(41)30-13-2-4-35(19(40)29-13)17-22(25,26)15(38)11(7-36)44-17/h1-5,10-11,14-17,36-38H,6-8H2,(H2,27,28,39)(H,29,30,40,41)/t10-,11-,14-,15-,16-,17-/m1/s1. The van der Waals surface area contributed by atoms with Crippen LogP contribution in [0.5, 0.6) is 0 Å². The number of aliphatic hydroxyl groups excluding tert-OH is 3. The monoisotopic (exact) mass is 633 g/mol. The number of carbonyl (C=O) groups is 1. The molecule has 0 aliphatic carbocycles. The van der Waals surface area contributed by atoms with Gasteiger partial charge >= 0.3 is 29.3 Å². The Bertz CT molecular complexity index is 1650. The van der Waals surface area contributed by atoms with Gasteiger partial charge in [0.15, 0.2) is 12.2 Å². The summed E-state index contributed by atoms with van der Waals surface area (Å²) in [5.41, 5.74) is 3.01. The van der Waals surface area contributed by atoms with Crippen LogP contribution in [0.25, 0.3) is 0 Å². The Hall–Kier alpha value is -4.51. The summed E-state index contributed by atoms with van der Waals surface area (Å²) in [5, 5.41) is 38.4. The van der Waals surface area contributed by atoms with Gasteiger partial charge in [0.05, 0.1) is 19.3 Å². The number of nitrogens with zero attached hydrogens (tertiary/aromatic N) is 7. The summed E-state index contributed by atoms with van der Waals surface area (Å²) in [6.45, 7) is -1.87. The molecule has 0 bridgehead atoms. The zero-order valence-corrected chi connectivity index (χ0v) is 22.0. The van der Waals surface area contributed by atoms with Crippen molar-refractivity contribution in [3.8, 4) is 0 Å². The number of aromatic nitrogens is 7. The minimum Gasteiger partial charge on any atom is -0.443 e. The molecule has 5 heterocycles. The molecule has 0 radical (unpaired) electrons. The van der Waals surface area contributed by atoms with Crippen LogP contribution in [0.3, 0.4) is 0 Å². The van der Waals surface area contributed by atoms with Crippen LogP contribution < -0.4 is 22.4 Å². The highest BCUT2D eigenvalue weighted by molar-refractivity contribution is 5.83.